The van der Waals surface area contributed by atoms with Gasteiger partial charge in [0.15, 0.2) is 5.78 Å². The van der Waals surface area contributed by atoms with Crippen LogP contribution in [-0.4, -0.2) is 5.78 Å². The van der Waals surface area contributed by atoms with Crippen LogP contribution < -0.4 is 0 Å². The van der Waals surface area contributed by atoms with Crippen molar-refractivity contribution in [1.29, 1.82) is 0 Å². The van der Waals surface area contributed by atoms with Gasteiger partial charge in [-0.15, -0.1) is 0 Å². The summed E-state index contributed by atoms with van der Waals surface area (Å²) in [5.74, 6) is 0.791. The first kappa shape index (κ1) is 12.1. The summed E-state index contributed by atoms with van der Waals surface area (Å²) in [7, 11) is 0. The normalized spacial score (nSPS) is 16.6. The van der Waals surface area contributed by atoms with E-state index in [1.807, 2.05) is 6.07 Å². The zero-order valence-electron chi connectivity index (χ0n) is 9.01. The first-order valence-corrected chi connectivity index (χ1v) is 6.82. The van der Waals surface area contributed by atoms with Gasteiger partial charge in [-0.25, -0.2) is 0 Å². The van der Waals surface area contributed by atoms with Crippen molar-refractivity contribution in [2.75, 3.05) is 0 Å². The first-order valence-electron chi connectivity index (χ1n) is 5.65. The van der Waals surface area contributed by atoms with Crippen molar-refractivity contribution in [3.05, 3.63) is 33.3 Å². The van der Waals surface area contributed by atoms with Crippen LogP contribution in [0.15, 0.2) is 22.7 Å². The van der Waals surface area contributed by atoms with E-state index < -0.39 is 0 Å². The second-order valence-corrected chi connectivity index (χ2v) is 5.69. The molecule has 0 N–H and O–H groups in total. The number of carbonyl (C=O) groups is 1. The molecule has 0 saturated heterocycles. The molecule has 0 unspecified atom stereocenters. The molecule has 1 aromatic rings. The van der Waals surface area contributed by atoms with Crippen molar-refractivity contribution in [3.63, 3.8) is 0 Å². The molecule has 1 aliphatic rings. The predicted molar refractivity (Wildman–Crippen MR) is 70.1 cm³/mol. The number of carbonyl (C=O) groups excluding carboxylic acids is 1. The van der Waals surface area contributed by atoms with Crippen molar-refractivity contribution in [1.82, 2.24) is 0 Å². The lowest BCUT2D eigenvalue weighted by molar-refractivity contribution is 0.0961. The molecule has 2 rings (SSSR count). The van der Waals surface area contributed by atoms with E-state index in [1.54, 1.807) is 12.1 Å². The van der Waals surface area contributed by atoms with Crippen molar-refractivity contribution < 1.29 is 4.79 Å². The summed E-state index contributed by atoms with van der Waals surface area (Å²) in [6.07, 6.45) is 5.61. The summed E-state index contributed by atoms with van der Waals surface area (Å²) in [5.41, 5.74) is 0.722. The van der Waals surface area contributed by atoms with Gasteiger partial charge in [-0.2, -0.15) is 0 Å². The number of halogens is 2. The number of ketones is 1. The lowest BCUT2D eigenvalue weighted by Crippen LogP contribution is -2.06. The van der Waals surface area contributed by atoms with Gasteiger partial charge in [0.25, 0.3) is 0 Å². The van der Waals surface area contributed by atoms with Crippen LogP contribution in [0, 0.1) is 5.92 Å². The first-order chi connectivity index (χ1) is 7.66. The molecule has 1 aromatic carbocycles. The highest BCUT2D eigenvalue weighted by Crippen LogP contribution is 2.30. The molecular weight excluding hydrogens is 287 g/mol. The van der Waals surface area contributed by atoms with Gasteiger partial charge < -0.3 is 0 Å². The third-order valence-corrected chi connectivity index (χ3v) is 4.10. The van der Waals surface area contributed by atoms with Crippen molar-refractivity contribution >= 4 is 33.3 Å². The topological polar surface area (TPSA) is 17.1 Å². The fourth-order valence-corrected chi connectivity index (χ4v) is 2.94. The maximum Gasteiger partial charge on any atom is 0.164 e. The van der Waals surface area contributed by atoms with Crippen LogP contribution in [0.25, 0.3) is 0 Å². The van der Waals surface area contributed by atoms with E-state index in [9.17, 15) is 4.79 Å². The van der Waals surface area contributed by atoms with Crippen molar-refractivity contribution in [3.8, 4) is 0 Å². The van der Waals surface area contributed by atoms with Crippen LogP contribution in [0.3, 0.4) is 0 Å². The summed E-state index contributed by atoms with van der Waals surface area (Å²) in [6.45, 7) is 0. The maximum absolute atomic E-state index is 12.1. The molecule has 1 aliphatic carbocycles. The van der Waals surface area contributed by atoms with Gasteiger partial charge in [-0.05, 0) is 24.1 Å². The fourth-order valence-electron chi connectivity index (χ4n) is 2.30. The van der Waals surface area contributed by atoms with Gasteiger partial charge in [0.2, 0.25) is 0 Å². The maximum atomic E-state index is 12.1. The summed E-state index contributed by atoms with van der Waals surface area (Å²) in [4.78, 5) is 12.1. The molecule has 1 saturated carbocycles. The standard InChI is InChI=1S/C13H14BrClO/c14-12-6-5-10(15)8-11(12)13(16)7-9-3-1-2-4-9/h5-6,8-9H,1-4,7H2. The molecule has 0 heterocycles. The van der Waals surface area contributed by atoms with E-state index in [-0.39, 0.29) is 5.78 Å². The Morgan fingerprint density at radius 2 is 2.06 bits per heavy atom. The third kappa shape index (κ3) is 2.86. The molecular formula is C13H14BrClO. The average molecular weight is 302 g/mol. The highest BCUT2D eigenvalue weighted by Gasteiger charge is 2.20. The molecule has 0 atom stereocenters. The quantitative estimate of drug-likeness (QED) is 0.728. The highest BCUT2D eigenvalue weighted by molar-refractivity contribution is 9.10. The molecule has 0 radical (unpaired) electrons. The number of rotatable bonds is 3. The molecule has 0 spiro atoms. The van der Waals surface area contributed by atoms with Gasteiger partial charge in [0, 0.05) is 21.5 Å². The Kier molecular flexibility index (Phi) is 4.04. The molecule has 0 aromatic heterocycles. The van der Waals surface area contributed by atoms with Gasteiger partial charge in [0.05, 0.1) is 0 Å². The Morgan fingerprint density at radius 1 is 1.38 bits per heavy atom. The smallest absolute Gasteiger partial charge is 0.164 e. The van der Waals surface area contributed by atoms with Gasteiger partial charge in [0.1, 0.15) is 0 Å². The van der Waals surface area contributed by atoms with E-state index in [4.69, 9.17) is 11.6 Å². The lowest BCUT2D eigenvalue weighted by atomic mass is 9.97. The summed E-state index contributed by atoms with van der Waals surface area (Å²) < 4.78 is 0.847. The zero-order valence-corrected chi connectivity index (χ0v) is 11.4. The van der Waals surface area contributed by atoms with E-state index in [1.165, 1.54) is 25.7 Å². The van der Waals surface area contributed by atoms with E-state index in [0.717, 1.165) is 10.0 Å². The molecule has 0 aliphatic heterocycles. The second kappa shape index (κ2) is 5.33. The van der Waals surface area contributed by atoms with Crippen molar-refractivity contribution in [2.45, 2.75) is 32.1 Å². The number of hydrogen-bond acceptors (Lipinski definition) is 1. The minimum atomic E-state index is 0.210. The Balaban J connectivity index is 2.10. The minimum absolute atomic E-state index is 0.210. The number of benzene rings is 1. The highest BCUT2D eigenvalue weighted by atomic mass is 79.9. The largest absolute Gasteiger partial charge is 0.294 e. The molecule has 0 bridgehead atoms. The van der Waals surface area contributed by atoms with Crippen LogP contribution in [-0.2, 0) is 0 Å². The summed E-state index contributed by atoms with van der Waals surface area (Å²) >= 11 is 9.31. The fraction of sp³-hybridized carbons (Fsp3) is 0.462. The van der Waals surface area contributed by atoms with Crippen LogP contribution in [0.1, 0.15) is 42.5 Å². The Morgan fingerprint density at radius 3 is 2.75 bits per heavy atom. The molecule has 86 valence electrons. The van der Waals surface area contributed by atoms with E-state index in [0.29, 0.717) is 17.4 Å². The van der Waals surface area contributed by atoms with Crippen LogP contribution in [0.2, 0.25) is 5.02 Å². The minimum Gasteiger partial charge on any atom is -0.294 e. The lowest BCUT2D eigenvalue weighted by Gasteiger charge is -2.09. The third-order valence-electron chi connectivity index (χ3n) is 3.18. The zero-order chi connectivity index (χ0) is 11.5. The summed E-state index contributed by atoms with van der Waals surface area (Å²) in [5, 5.41) is 0.623. The molecule has 3 heteroatoms. The second-order valence-electron chi connectivity index (χ2n) is 4.40. The van der Waals surface area contributed by atoms with Crippen LogP contribution in [0.5, 0.6) is 0 Å². The molecule has 0 amide bonds. The Hall–Kier alpha value is -0.340. The van der Waals surface area contributed by atoms with E-state index >= 15 is 0 Å². The number of Topliss-reactive ketones (excluding diaryl/α,β-unsaturated/α-hetero) is 1. The van der Waals surface area contributed by atoms with Gasteiger partial charge in [-0.3, -0.25) is 4.79 Å². The Labute approximate surface area is 109 Å². The predicted octanol–water partition coefficient (Wildman–Crippen LogP) is 4.87. The van der Waals surface area contributed by atoms with Gasteiger partial charge >= 0.3 is 0 Å². The van der Waals surface area contributed by atoms with Crippen LogP contribution >= 0.6 is 27.5 Å². The summed E-state index contributed by atoms with van der Waals surface area (Å²) in [6, 6.07) is 5.38. The SMILES string of the molecule is O=C(CC1CCCC1)c1cc(Cl)ccc1Br. The molecule has 16 heavy (non-hydrogen) atoms. The number of hydrogen-bond donors (Lipinski definition) is 0. The van der Waals surface area contributed by atoms with E-state index in [2.05, 4.69) is 15.9 Å². The molecule has 1 nitrogen and oxygen atoms in total. The van der Waals surface area contributed by atoms with Crippen molar-refractivity contribution in [2.24, 2.45) is 5.92 Å². The van der Waals surface area contributed by atoms with Crippen LogP contribution in [0.4, 0.5) is 0 Å². The monoisotopic (exact) mass is 300 g/mol. The molecule has 1 fully saturated rings. The van der Waals surface area contributed by atoms with Gasteiger partial charge in [-0.1, -0.05) is 53.2 Å². The average Bonchev–Trinajstić information content (AvgIpc) is 2.74. The Bertz CT molecular complexity index is 397.